The van der Waals surface area contributed by atoms with Gasteiger partial charge < -0.3 is 9.47 Å². The minimum atomic E-state index is -4.36. The number of aryl methyl sites for hydroxylation is 1. The van der Waals surface area contributed by atoms with Crippen LogP contribution < -0.4 is 0 Å². The maximum Gasteiger partial charge on any atom is 0.416 e. The molecule has 0 amide bonds. The maximum atomic E-state index is 13.3. The van der Waals surface area contributed by atoms with E-state index >= 15 is 0 Å². The number of carbonyl (C=O) groups is 1. The van der Waals surface area contributed by atoms with E-state index in [0.717, 1.165) is 56.3 Å². The second-order valence-electron chi connectivity index (χ2n) is 11.2. The average molecular weight is 530 g/mol. The van der Waals surface area contributed by atoms with Gasteiger partial charge in [-0.25, -0.2) is 0 Å². The van der Waals surface area contributed by atoms with E-state index in [1.807, 2.05) is 17.2 Å². The summed E-state index contributed by atoms with van der Waals surface area (Å²) in [5, 5.41) is 0. The minimum absolute atomic E-state index is 0.0463. The van der Waals surface area contributed by atoms with Gasteiger partial charge in [0.15, 0.2) is 0 Å². The van der Waals surface area contributed by atoms with E-state index < -0.39 is 11.7 Å². The van der Waals surface area contributed by atoms with Crippen molar-refractivity contribution in [3.8, 4) is 0 Å². The predicted molar refractivity (Wildman–Crippen MR) is 135 cm³/mol. The largest absolute Gasteiger partial charge is 0.416 e. The summed E-state index contributed by atoms with van der Waals surface area (Å²) in [5.41, 5.74) is 3.23. The van der Waals surface area contributed by atoms with E-state index in [-0.39, 0.29) is 30.5 Å². The molecule has 2 aromatic rings. The van der Waals surface area contributed by atoms with Gasteiger partial charge in [-0.15, -0.1) is 0 Å². The molecular formula is C29H34F3N3O3. The molecule has 0 saturated carbocycles. The zero-order chi connectivity index (χ0) is 26.3. The van der Waals surface area contributed by atoms with Gasteiger partial charge in [-0.05, 0) is 60.6 Å². The number of benzene rings is 1. The Balaban J connectivity index is 1.11. The highest BCUT2D eigenvalue weighted by Gasteiger charge is 2.41. The number of ketones is 1. The number of Topliss-reactive ketones (excluding diaryl/α,β-unsaturated/α-hetero) is 1. The molecule has 3 unspecified atom stereocenters. The number of alkyl halides is 3. The van der Waals surface area contributed by atoms with Gasteiger partial charge in [0, 0.05) is 57.4 Å². The Morgan fingerprint density at radius 1 is 1.11 bits per heavy atom. The minimum Gasteiger partial charge on any atom is -0.380 e. The topological polar surface area (TPSA) is 54.9 Å². The van der Waals surface area contributed by atoms with Crippen LogP contribution in [0.15, 0.2) is 36.5 Å². The standard InChI is InChI=1S/C29H34F3N3O3/c30-29(31,32)23-5-3-19-7-10-34(14-21(19)12-23)16-25(36)13-22-15-35(24-8-11-37-18-24)17-27(22)38-26-6-4-20-2-1-9-33-28(20)26/h1-3,5,9,12,22,24,26-27H,4,6-8,10-11,13-18H2/t22?,24?,26?,27-/m0/s1. The monoisotopic (exact) mass is 529 g/mol. The first-order valence-electron chi connectivity index (χ1n) is 13.7. The van der Waals surface area contributed by atoms with Gasteiger partial charge in [0.1, 0.15) is 11.9 Å². The molecule has 204 valence electrons. The maximum absolute atomic E-state index is 13.3. The second-order valence-corrected chi connectivity index (χ2v) is 11.2. The van der Waals surface area contributed by atoms with E-state index in [0.29, 0.717) is 44.1 Å². The molecule has 0 N–H and O–H groups in total. The molecule has 1 aliphatic carbocycles. The van der Waals surface area contributed by atoms with Crippen molar-refractivity contribution in [3.63, 3.8) is 0 Å². The number of carbonyl (C=O) groups excluding carboxylic acids is 1. The van der Waals surface area contributed by atoms with E-state index in [4.69, 9.17) is 9.47 Å². The van der Waals surface area contributed by atoms with Crippen molar-refractivity contribution in [3.05, 3.63) is 64.5 Å². The molecule has 2 saturated heterocycles. The smallest absolute Gasteiger partial charge is 0.380 e. The van der Waals surface area contributed by atoms with E-state index in [9.17, 15) is 18.0 Å². The lowest BCUT2D eigenvalue weighted by Gasteiger charge is -2.29. The van der Waals surface area contributed by atoms with Crippen LogP contribution >= 0.6 is 0 Å². The average Bonchev–Trinajstić information content (AvgIpc) is 3.64. The van der Waals surface area contributed by atoms with Crippen molar-refractivity contribution in [1.29, 1.82) is 0 Å². The molecule has 1 aromatic heterocycles. The normalized spacial score (nSPS) is 28.0. The number of fused-ring (bicyclic) bond motifs is 2. The van der Waals surface area contributed by atoms with Crippen molar-refractivity contribution >= 4 is 5.78 Å². The zero-order valence-electron chi connectivity index (χ0n) is 21.5. The molecule has 0 spiro atoms. The lowest BCUT2D eigenvalue weighted by Crippen LogP contribution is -2.36. The van der Waals surface area contributed by atoms with Crippen LogP contribution in [-0.4, -0.2) is 72.1 Å². The third-order valence-electron chi connectivity index (χ3n) is 8.59. The van der Waals surface area contributed by atoms with E-state index in [2.05, 4.69) is 16.0 Å². The van der Waals surface area contributed by atoms with Gasteiger partial charge in [0.2, 0.25) is 0 Å². The highest BCUT2D eigenvalue weighted by molar-refractivity contribution is 5.80. The first-order valence-corrected chi connectivity index (χ1v) is 13.7. The SMILES string of the molecule is O=C(CC1CN(C2CCOC2)C[C@@H]1OC1CCc2cccnc21)CN1CCc2ccc(C(F)(F)F)cc2C1. The van der Waals surface area contributed by atoms with E-state index in [1.165, 1.54) is 11.6 Å². The Hall–Kier alpha value is -2.33. The number of hydrogen-bond donors (Lipinski definition) is 0. The lowest BCUT2D eigenvalue weighted by atomic mass is 9.95. The number of halogens is 3. The van der Waals surface area contributed by atoms with Gasteiger partial charge in [-0.3, -0.25) is 19.6 Å². The fourth-order valence-electron chi connectivity index (χ4n) is 6.58. The predicted octanol–water partition coefficient (Wildman–Crippen LogP) is 4.21. The number of likely N-dealkylation sites (tertiary alicyclic amines) is 1. The summed E-state index contributed by atoms with van der Waals surface area (Å²) in [6.07, 6.45) is 1.25. The van der Waals surface area contributed by atoms with Crippen molar-refractivity contribution in [2.24, 2.45) is 5.92 Å². The summed E-state index contributed by atoms with van der Waals surface area (Å²) in [4.78, 5) is 22.3. The van der Waals surface area contributed by atoms with Crippen molar-refractivity contribution in [1.82, 2.24) is 14.8 Å². The van der Waals surface area contributed by atoms with Crippen LogP contribution in [-0.2, 0) is 39.8 Å². The number of rotatable bonds is 7. The first-order chi connectivity index (χ1) is 18.3. The highest BCUT2D eigenvalue weighted by atomic mass is 19.4. The van der Waals surface area contributed by atoms with Crippen molar-refractivity contribution in [2.45, 2.75) is 63.1 Å². The van der Waals surface area contributed by atoms with Crippen LogP contribution in [0.1, 0.15) is 53.3 Å². The molecule has 4 heterocycles. The summed E-state index contributed by atoms with van der Waals surface area (Å²) in [7, 11) is 0. The Labute approximate surface area is 221 Å². The Morgan fingerprint density at radius 2 is 2.00 bits per heavy atom. The molecule has 0 radical (unpaired) electrons. The first kappa shape index (κ1) is 25.9. The van der Waals surface area contributed by atoms with Crippen LogP contribution in [0.25, 0.3) is 0 Å². The summed E-state index contributed by atoms with van der Waals surface area (Å²) in [6.45, 7) is 4.35. The molecule has 3 aliphatic heterocycles. The number of ether oxygens (including phenoxy) is 2. The highest BCUT2D eigenvalue weighted by Crippen LogP contribution is 2.37. The Bertz CT molecular complexity index is 1170. The number of nitrogens with zero attached hydrogens (tertiary/aromatic N) is 3. The molecule has 9 heteroatoms. The molecular weight excluding hydrogens is 495 g/mol. The van der Waals surface area contributed by atoms with Crippen LogP contribution in [0.3, 0.4) is 0 Å². The molecule has 4 aliphatic rings. The Kier molecular flexibility index (Phi) is 7.28. The van der Waals surface area contributed by atoms with E-state index in [1.54, 1.807) is 6.07 Å². The molecule has 2 fully saturated rings. The van der Waals surface area contributed by atoms with Gasteiger partial charge in [-0.1, -0.05) is 12.1 Å². The summed E-state index contributed by atoms with van der Waals surface area (Å²) < 4.78 is 51.9. The van der Waals surface area contributed by atoms with Gasteiger partial charge in [0.25, 0.3) is 0 Å². The molecule has 38 heavy (non-hydrogen) atoms. The Morgan fingerprint density at radius 3 is 2.82 bits per heavy atom. The van der Waals surface area contributed by atoms with Crippen LogP contribution in [0, 0.1) is 5.92 Å². The van der Waals surface area contributed by atoms with Gasteiger partial charge >= 0.3 is 6.18 Å². The van der Waals surface area contributed by atoms with Crippen molar-refractivity contribution < 1.29 is 27.4 Å². The fraction of sp³-hybridized carbons (Fsp3) is 0.586. The molecule has 6 nitrogen and oxygen atoms in total. The lowest BCUT2D eigenvalue weighted by molar-refractivity contribution is -0.137. The third-order valence-corrected chi connectivity index (χ3v) is 8.59. The van der Waals surface area contributed by atoms with Crippen LogP contribution in [0.4, 0.5) is 13.2 Å². The molecule has 4 atom stereocenters. The number of hydrogen-bond acceptors (Lipinski definition) is 6. The summed E-state index contributed by atoms with van der Waals surface area (Å²) >= 11 is 0. The summed E-state index contributed by atoms with van der Waals surface area (Å²) in [6, 6.07) is 8.40. The summed E-state index contributed by atoms with van der Waals surface area (Å²) in [5.74, 6) is 0.193. The van der Waals surface area contributed by atoms with Gasteiger partial charge in [0.05, 0.1) is 30.5 Å². The number of aromatic nitrogens is 1. The van der Waals surface area contributed by atoms with Crippen LogP contribution in [0.5, 0.6) is 0 Å². The molecule has 1 aromatic carbocycles. The third kappa shape index (κ3) is 5.52. The van der Waals surface area contributed by atoms with Crippen LogP contribution in [0.2, 0.25) is 0 Å². The van der Waals surface area contributed by atoms with Crippen molar-refractivity contribution in [2.75, 3.05) is 39.4 Å². The van der Waals surface area contributed by atoms with Gasteiger partial charge in [-0.2, -0.15) is 13.2 Å². The molecule has 0 bridgehead atoms. The molecule has 6 rings (SSSR count). The quantitative estimate of drug-likeness (QED) is 0.536. The zero-order valence-corrected chi connectivity index (χ0v) is 21.5. The number of pyridine rings is 1. The second kappa shape index (κ2) is 10.7. The fourth-order valence-corrected chi connectivity index (χ4v) is 6.58.